The molecule has 4 nitrogen and oxygen atoms in total. The van der Waals surface area contributed by atoms with E-state index < -0.39 is 0 Å². The van der Waals surface area contributed by atoms with Crippen molar-refractivity contribution in [3.63, 3.8) is 0 Å². The number of aryl methyl sites for hydroxylation is 2. The van der Waals surface area contributed by atoms with Crippen molar-refractivity contribution < 1.29 is 4.74 Å². The Labute approximate surface area is 217 Å². The first-order chi connectivity index (χ1) is 17.0. The van der Waals surface area contributed by atoms with Gasteiger partial charge in [-0.1, -0.05) is 61.9 Å². The van der Waals surface area contributed by atoms with Crippen molar-refractivity contribution in [3.05, 3.63) is 71.0 Å². The highest BCUT2D eigenvalue weighted by atomic mass is 35.5. The molecule has 2 aromatic carbocycles. The quantitative estimate of drug-likeness (QED) is 0.263. The number of rotatable bonds is 7. The lowest BCUT2D eigenvalue weighted by Crippen LogP contribution is -2.34. The molecule has 0 spiro atoms. The van der Waals surface area contributed by atoms with E-state index in [-0.39, 0.29) is 0 Å². The Hall–Kier alpha value is -2.76. The highest BCUT2D eigenvalue weighted by Crippen LogP contribution is 2.40. The number of thiocarbonyl (C=S) groups is 1. The van der Waals surface area contributed by atoms with Crippen molar-refractivity contribution >= 4 is 34.5 Å². The summed E-state index contributed by atoms with van der Waals surface area (Å²) in [5.74, 6) is 0.859. The number of methoxy groups -OCH3 is 1. The molecule has 0 aliphatic carbocycles. The summed E-state index contributed by atoms with van der Waals surface area (Å²) in [6.07, 6.45) is 7.66. The minimum atomic E-state index is 0.353. The van der Waals surface area contributed by atoms with Crippen LogP contribution < -0.4 is 10.1 Å². The summed E-state index contributed by atoms with van der Waals surface area (Å²) >= 11 is 12.3. The fourth-order valence-electron chi connectivity index (χ4n) is 5.28. The van der Waals surface area contributed by atoms with Crippen molar-refractivity contribution in [1.29, 1.82) is 0 Å². The van der Waals surface area contributed by atoms with E-state index in [1.54, 1.807) is 7.11 Å². The van der Waals surface area contributed by atoms with Gasteiger partial charge in [0.1, 0.15) is 16.4 Å². The van der Waals surface area contributed by atoms with Gasteiger partial charge in [-0.2, -0.15) is 0 Å². The molecular weight excluding hydrogens is 474 g/mol. The topological polar surface area (TPSA) is 30.6 Å². The van der Waals surface area contributed by atoms with E-state index in [1.807, 2.05) is 24.3 Å². The van der Waals surface area contributed by atoms with Gasteiger partial charge in [-0.3, -0.25) is 4.40 Å². The van der Waals surface area contributed by atoms with Gasteiger partial charge in [0.2, 0.25) is 0 Å². The Morgan fingerprint density at radius 1 is 1.03 bits per heavy atom. The molecule has 4 aromatic rings. The standard InChI is InChI=1S/C29H32ClN3OS/c1-4-22(5-2)31-28(35)27-26(20-11-15-23(34-3)16-12-20)24-8-6-7-17-32-25(18-33(27)29(24)32)19-9-13-21(30)14-10-19/h9-16,18,22H,4-8,17H2,1-3H3,(H,31,35). The number of nitrogens with zero attached hydrogens (tertiary/aromatic N) is 2. The number of ether oxygens (including phenoxy) is 1. The molecule has 0 radical (unpaired) electrons. The molecule has 6 heteroatoms. The molecule has 1 N–H and O–H groups in total. The molecule has 0 amide bonds. The van der Waals surface area contributed by atoms with E-state index in [4.69, 9.17) is 28.6 Å². The van der Waals surface area contributed by atoms with E-state index >= 15 is 0 Å². The van der Waals surface area contributed by atoms with Crippen LogP contribution in [0.1, 0.15) is 50.8 Å². The second kappa shape index (κ2) is 10.1. The van der Waals surface area contributed by atoms with Gasteiger partial charge >= 0.3 is 0 Å². The second-order valence-electron chi connectivity index (χ2n) is 9.24. The maximum atomic E-state index is 6.20. The highest BCUT2D eigenvalue weighted by Gasteiger charge is 2.28. The number of nitrogens with one attached hydrogen (secondary N) is 1. The van der Waals surface area contributed by atoms with Crippen molar-refractivity contribution in [2.45, 2.75) is 58.5 Å². The van der Waals surface area contributed by atoms with Gasteiger partial charge in [-0.15, -0.1) is 0 Å². The van der Waals surface area contributed by atoms with Gasteiger partial charge in [0.25, 0.3) is 0 Å². The zero-order valence-corrected chi connectivity index (χ0v) is 22.2. The molecule has 182 valence electrons. The van der Waals surface area contributed by atoms with Crippen LogP contribution in [0.5, 0.6) is 5.75 Å². The maximum Gasteiger partial charge on any atom is 0.124 e. The molecule has 2 aromatic heterocycles. The van der Waals surface area contributed by atoms with Gasteiger partial charge in [-0.05, 0) is 67.5 Å². The van der Waals surface area contributed by atoms with Gasteiger partial charge in [0.05, 0.1) is 18.5 Å². The summed E-state index contributed by atoms with van der Waals surface area (Å²) in [7, 11) is 1.71. The average Bonchev–Trinajstić information content (AvgIpc) is 3.30. The molecule has 0 fully saturated rings. The predicted octanol–water partition coefficient (Wildman–Crippen LogP) is 7.53. The van der Waals surface area contributed by atoms with E-state index in [0.29, 0.717) is 6.04 Å². The average molecular weight is 506 g/mol. The van der Waals surface area contributed by atoms with Gasteiger partial charge < -0.3 is 14.6 Å². The van der Waals surface area contributed by atoms with E-state index in [2.05, 4.69) is 58.6 Å². The summed E-state index contributed by atoms with van der Waals surface area (Å²) < 4.78 is 10.2. The first-order valence-corrected chi connectivity index (χ1v) is 13.3. The van der Waals surface area contributed by atoms with Crippen LogP contribution in [0.4, 0.5) is 0 Å². The second-order valence-corrected chi connectivity index (χ2v) is 10.1. The Morgan fingerprint density at radius 2 is 1.71 bits per heavy atom. The third kappa shape index (κ3) is 4.36. The molecule has 0 bridgehead atoms. The number of benzene rings is 2. The summed E-state index contributed by atoms with van der Waals surface area (Å²) in [6.45, 7) is 5.40. The fourth-order valence-corrected chi connectivity index (χ4v) is 5.77. The smallest absolute Gasteiger partial charge is 0.124 e. The number of halogens is 1. The lowest BCUT2D eigenvalue weighted by atomic mass is 9.97. The van der Waals surface area contributed by atoms with Gasteiger partial charge in [0, 0.05) is 34.9 Å². The van der Waals surface area contributed by atoms with Crippen LogP contribution in [0.2, 0.25) is 5.02 Å². The fraction of sp³-hybridized carbons (Fsp3) is 0.345. The van der Waals surface area contributed by atoms with Crippen LogP contribution in [0.25, 0.3) is 28.0 Å². The summed E-state index contributed by atoms with van der Waals surface area (Å²) in [4.78, 5) is 0.811. The molecule has 5 rings (SSSR count). The first kappa shape index (κ1) is 24.0. The van der Waals surface area contributed by atoms with E-state index in [9.17, 15) is 0 Å². The molecule has 0 saturated carbocycles. The highest BCUT2D eigenvalue weighted by molar-refractivity contribution is 7.80. The SMILES string of the molecule is CCC(CC)NC(=S)c1c(-c2ccc(OC)cc2)c2c3n(c(-c4ccc(Cl)cc4)cn13)CCCC2. The largest absolute Gasteiger partial charge is 0.497 e. The third-order valence-electron chi connectivity index (χ3n) is 7.19. The zero-order valence-electron chi connectivity index (χ0n) is 20.6. The van der Waals surface area contributed by atoms with E-state index in [1.165, 1.54) is 33.6 Å². The van der Waals surface area contributed by atoms with Crippen molar-refractivity contribution in [2.75, 3.05) is 7.11 Å². The molecule has 1 aliphatic rings. The van der Waals surface area contributed by atoms with Crippen LogP contribution in [-0.4, -0.2) is 27.1 Å². The number of hydrogen-bond acceptors (Lipinski definition) is 2. The minimum absolute atomic E-state index is 0.353. The summed E-state index contributed by atoms with van der Waals surface area (Å²) in [5.41, 5.74) is 8.49. The maximum absolute atomic E-state index is 6.20. The molecule has 0 saturated heterocycles. The van der Waals surface area contributed by atoms with Crippen LogP contribution in [0.15, 0.2) is 54.7 Å². The van der Waals surface area contributed by atoms with Crippen LogP contribution >= 0.6 is 23.8 Å². The molecule has 0 atom stereocenters. The molecular formula is C29H32ClN3OS. The minimum Gasteiger partial charge on any atom is -0.497 e. The van der Waals surface area contributed by atoms with Gasteiger partial charge in [-0.25, -0.2) is 0 Å². The Morgan fingerprint density at radius 3 is 2.37 bits per heavy atom. The Kier molecular flexibility index (Phi) is 6.90. The van der Waals surface area contributed by atoms with Crippen LogP contribution in [0, 0.1) is 0 Å². The van der Waals surface area contributed by atoms with Gasteiger partial charge in [0.15, 0.2) is 0 Å². The van der Waals surface area contributed by atoms with Crippen LogP contribution in [0.3, 0.4) is 0 Å². The first-order valence-electron chi connectivity index (χ1n) is 12.5. The number of aromatic nitrogens is 2. The summed E-state index contributed by atoms with van der Waals surface area (Å²) in [6, 6.07) is 16.9. The Bertz CT molecular complexity index is 1350. The lowest BCUT2D eigenvalue weighted by molar-refractivity contribution is 0.415. The predicted molar refractivity (Wildman–Crippen MR) is 150 cm³/mol. The molecule has 35 heavy (non-hydrogen) atoms. The Balaban J connectivity index is 1.77. The normalized spacial score (nSPS) is 13.3. The molecule has 3 heterocycles. The van der Waals surface area contributed by atoms with Crippen molar-refractivity contribution in [2.24, 2.45) is 0 Å². The van der Waals surface area contributed by atoms with E-state index in [0.717, 1.165) is 60.1 Å². The monoisotopic (exact) mass is 505 g/mol. The number of hydrogen-bond donors (Lipinski definition) is 1. The van der Waals surface area contributed by atoms with Crippen molar-refractivity contribution in [3.8, 4) is 28.1 Å². The molecule has 0 unspecified atom stereocenters. The van der Waals surface area contributed by atoms with Crippen molar-refractivity contribution in [1.82, 2.24) is 14.3 Å². The lowest BCUT2D eigenvalue weighted by Gasteiger charge is -2.18. The summed E-state index contributed by atoms with van der Waals surface area (Å²) in [5, 5.41) is 4.42. The third-order valence-corrected chi connectivity index (χ3v) is 7.75. The number of imidazole rings is 1. The van der Waals surface area contributed by atoms with Crippen LogP contribution in [-0.2, 0) is 13.0 Å². The molecule has 1 aliphatic heterocycles. The zero-order chi connectivity index (χ0) is 24.5.